The molecular formula is C14H20BrN3O. The molecule has 1 saturated carbocycles. The van der Waals surface area contributed by atoms with Gasteiger partial charge in [0.25, 0.3) is 0 Å². The van der Waals surface area contributed by atoms with Crippen molar-refractivity contribution in [3.63, 3.8) is 0 Å². The molecule has 0 N–H and O–H groups in total. The Morgan fingerprint density at radius 3 is 2.79 bits per heavy atom. The molecule has 1 aliphatic heterocycles. The van der Waals surface area contributed by atoms with E-state index in [1.54, 1.807) is 0 Å². The Labute approximate surface area is 122 Å². The highest BCUT2D eigenvalue weighted by Crippen LogP contribution is 2.28. The zero-order chi connectivity index (χ0) is 13.4. The number of hydrogen-bond acceptors (Lipinski definition) is 2. The Morgan fingerprint density at radius 2 is 2.05 bits per heavy atom. The molecule has 3 rings (SSSR count). The van der Waals surface area contributed by atoms with Crippen LogP contribution in [-0.4, -0.2) is 26.9 Å². The molecule has 5 heteroatoms. The van der Waals surface area contributed by atoms with E-state index in [4.69, 9.17) is 0 Å². The number of fused-ring (bicyclic) bond motifs is 1. The van der Waals surface area contributed by atoms with Crippen molar-refractivity contribution in [2.45, 2.75) is 45.1 Å². The fraction of sp³-hybridized carbons (Fsp3) is 0.714. The Hall–Kier alpha value is -0.840. The smallest absolute Gasteiger partial charge is 0.226 e. The summed E-state index contributed by atoms with van der Waals surface area (Å²) in [6, 6.07) is 0. The number of nitrogens with zero attached hydrogens (tertiary/aromatic N) is 3. The standard InChI is InChI=1S/C14H20BrN3O/c1-17-12-9-18(8-7-11(12)16-14(17)15)13(19)10-5-3-2-4-6-10/h10H,2-9H2,1H3. The van der Waals surface area contributed by atoms with Crippen molar-refractivity contribution >= 4 is 21.8 Å². The van der Waals surface area contributed by atoms with Crippen LogP contribution >= 0.6 is 15.9 Å². The molecule has 0 unspecified atom stereocenters. The van der Waals surface area contributed by atoms with Gasteiger partial charge in [0.1, 0.15) is 0 Å². The van der Waals surface area contributed by atoms with Crippen molar-refractivity contribution in [1.82, 2.24) is 14.5 Å². The lowest BCUT2D eigenvalue weighted by atomic mass is 9.88. The molecule has 0 aromatic carbocycles. The topological polar surface area (TPSA) is 38.1 Å². The fourth-order valence-electron chi connectivity index (χ4n) is 3.25. The molecule has 1 amide bonds. The van der Waals surface area contributed by atoms with Gasteiger partial charge >= 0.3 is 0 Å². The summed E-state index contributed by atoms with van der Waals surface area (Å²) in [7, 11) is 2.00. The molecular weight excluding hydrogens is 306 g/mol. The molecule has 1 aromatic rings. The van der Waals surface area contributed by atoms with E-state index in [0.717, 1.165) is 42.8 Å². The minimum absolute atomic E-state index is 0.270. The summed E-state index contributed by atoms with van der Waals surface area (Å²) in [5.74, 6) is 0.634. The summed E-state index contributed by atoms with van der Waals surface area (Å²) >= 11 is 3.46. The van der Waals surface area contributed by atoms with E-state index in [-0.39, 0.29) is 5.92 Å². The molecule has 4 nitrogen and oxygen atoms in total. The first-order valence-corrected chi connectivity index (χ1v) is 7.95. The van der Waals surface area contributed by atoms with Crippen LogP contribution in [0.5, 0.6) is 0 Å². The predicted octanol–water partition coefficient (Wildman–Crippen LogP) is 2.65. The number of imidazole rings is 1. The minimum atomic E-state index is 0.270. The molecule has 104 valence electrons. The maximum absolute atomic E-state index is 12.6. The van der Waals surface area contributed by atoms with E-state index < -0.39 is 0 Å². The summed E-state index contributed by atoms with van der Waals surface area (Å²) in [6.07, 6.45) is 6.77. The van der Waals surface area contributed by atoms with Gasteiger partial charge in [-0.05, 0) is 28.8 Å². The van der Waals surface area contributed by atoms with Crippen molar-refractivity contribution in [1.29, 1.82) is 0 Å². The molecule has 2 heterocycles. The summed E-state index contributed by atoms with van der Waals surface area (Å²) in [5.41, 5.74) is 2.32. The van der Waals surface area contributed by atoms with E-state index in [1.807, 2.05) is 11.9 Å². The zero-order valence-electron chi connectivity index (χ0n) is 11.4. The quantitative estimate of drug-likeness (QED) is 0.796. The number of carbonyl (C=O) groups is 1. The highest BCUT2D eigenvalue weighted by molar-refractivity contribution is 9.10. The number of amides is 1. The maximum Gasteiger partial charge on any atom is 0.226 e. The SMILES string of the molecule is Cn1c(Br)nc2c1CN(C(=O)C1CCCCC1)CC2. The van der Waals surface area contributed by atoms with E-state index in [1.165, 1.54) is 25.0 Å². The molecule has 0 saturated heterocycles. The molecule has 0 spiro atoms. The molecule has 0 atom stereocenters. The summed E-state index contributed by atoms with van der Waals surface area (Å²) in [4.78, 5) is 19.1. The molecule has 19 heavy (non-hydrogen) atoms. The van der Waals surface area contributed by atoms with Crippen LogP contribution in [0.1, 0.15) is 43.5 Å². The lowest BCUT2D eigenvalue weighted by Gasteiger charge is -2.32. The Balaban J connectivity index is 1.74. The van der Waals surface area contributed by atoms with Crippen LogP contribution in [0, 0.1) is 5.92 Å². The largest absolute Gasteiger partial charge is 0.336 e. The molecule has 1 fully saturated rings. The van der Waals surface area contributed by atoms with Crippen LogP contribution < -0.4 is 0 Å². The fourth-order valence-corrected chi connectivity index (χ4v) is 3.68. The van der Waals surface area contributed by atoms with Gasteiger partial charge in [-0.2, -0.15) is 0 Å². The predicted molar refractivity (Wildman–Crippen MR) is 76.6 cm³/mol. The number of aromatic nitrogens is 2. The summed E-state index contributed by atoms with van der Waals surface area (Å²) in [6.45, 7) is 1.55. The van der Waals surface area contributed by atoms with E-state index in [9.17, 15) is 4.79 Å². The van der Waals surface area contributed by atoms with Gasteiger partial charge in [-0.3, -0.25) is 4.79 Å². The molecule has 2 aliphatic rings. The van der Waals surface area contributed by atoms with E-state index in [0.29, 0.717) is 5.91 Å². The van der Waals surface area contributed by atoms with Crippen LogP contribution in [0.3, 0.4) is 0 Å². The van der Waals surface area contributed by atoms with Gasteiger partial charge in [-0.1, -0.05) is 19.3 Å². The van der Waals surface area contributed by atoms with Crippen molar-refractivity contribution in [3.8, 4) is 0 Å². The normalized spacial score (nSPS) is 20.4. The average molecular weight is 326 g/mol. The molecule has 0 bridgehead atoms. The molecule has 1 aliphatic carbocycles. The van der Waals surface area contributed by atoms with Crippen LogP contribution in [0.2, 0.25) is 0 Å². The first-order valence-electron chi connectivity index (χ1n) is 7.15. The highest BCUT2D eigenvalue weighted by Gasteiger charge is 2.30. The van der Waals surface area contributed by atoms with Crippen LogP contribution in [0.25, 0.3) is 0 Å². The van der Waals surface area contributed by atoms with Crippen molar-refractivity contribution in [2.75, 3.05) is 6.54 Å². The van der Waals surface area contributed by atoms with Crippen LogP contribution in [0.15, 0.2) is 4.73 Å². The third-order valence-electron chi connectivity index (χ3n) is 4.47. The van der Waals surface area contributed by atoms with E-state index >= 15 is 0 Å². The van der Waals surface area contributed by atoms with Gasteiger partial charge < -0.3 is 9.47 Å². The summed E-state index contributed by atoms with van der Waals surface area (Å²) < 4.78 is 2.92. The molecule has 0 radical (unpaired) electrons. The lowest BCUT2D eigenvalue weighted by molar-refractivity contribution is -0.137. The molecule has 1 aromatic heterocycles. The van der Waals surface area contributed by atoms with Gasteiger partial charge in [0.05, 0.1) is 17.9 Å². The Kier molecular flexibility index (Phi) is 3.65. The highest BCUT2D eigenvalue weighted by atomic mass is 79.9. The minimum Gasteiger partial charge on any atom is -0.336 e. The third kappa shape index (κ3) is 2.45. The van der Waals surface area contributed by atoms with Crippen molar-refractivity contribution in [2.24, 2.45) is 13.0 Å². The zero-order valence-corrected chi connectivity index (χ0v) is 12.9. The second kappa shape index (κ2) is 5.27. The van der Waals surface area contributed by atoms with Gasteiger partial charge in [0.2, 0.25) is 5.91 Å². The van der Waals surface area contributed by atoms with Gasteiger partial charge in [0, 0.05) is 25.9 Å². The monoisotopic (exact) mass is 325 g/mol. The number of halogens is 1. The van der Waals surface area contributed by atoms with Crippen LogP contribution in [0.4, 0.5) is 0 Å². The second-order valence-electron chi connectivity index (χ2n) is 5.68. The number of carbonyl (C=O) groups excluding carboxylic acids is 1. The van der Waals surface area contributed by atoms with Gasteiger partial charge in [-0.15, -0.1) is 0 Å². The second-order valence-corrected chi connectivity index (χ2v) is 6.39. The number of rotatable bonds is 1. The summed E-state index contributed by atoms with van der Waals surface area (Å²) in [5, 5.41) is 0. The van der Waals surface area contributed by atoms with Gasteiger partial charge in [0.15, 0.2) is 4.73 Å². The average Bonchev–Trinajstić information content (AvgIpc) is 2.74. The third-order valence-corrected chi connectivity index (χ3v) is 5.18. The number of hydrogen-bond donors (Lipinski definition) is 0. The Bertz CT molecular complexity index is 491. The van der Waals surface area contributed by atoms with Crippen LogP contribution in [-0.2, 0) is 24.8 Å². The Morgan fingerprint density at radius 1 is 1.32 bits per heavy atom. The van der Waals surface area contributed by atoms with Crippen molar-refractivity contribution < 1.29 is 4.79 Å². The van der Waals surface area contributed by atoms with Gasteiger partial charge in [-0.25, -0.2) is 4.98 Å². The van der Waals surface area contributed by atoms with Crippen molar-refractivity contribution in [3.05, 3.63) is 16.1 Å². The lowest BCUT2D eigenvalue weighted by Crippen LogP contribution is -2.40. The maximum atomic E-state index is 12.6. The first-order chi connectivity index (χ1) is 9.16. The first kappa shape index (κ1) is 13.2. The van der Waals surface area contributed by atoms with E-state index in [2.05, 4.69) is 25.5 Å².